The lowest BCUT2D eigenvalue weighted by Gasteiger charge is -2.33. The predicted molar refractivity (Wildman–Crippen MR) is 72.1 cm³/mol. The SMILES string of the molecule is CNC(c1ccc(C(F)(F)F)c(F)c1)C(C)(C)S(C)(=O)=O. The van der Waals surface area contributed by atoms with Gasteiger partial charge in [-0.1, -0.05) is 6.07 Å². The van der Waals surface area contributed by atoms with Crippen LogP contribution in [0, 0.1) is 5.82 Å². The van der Waals surface area contributed by atoms with Crippen molar-refractivity contribution in [1.82, 2.24) is 5.32 Å². The highest BCUT2D eigenvalue weighted by Gasteiger charge is 2.40. The third-order valence-corrected chi connectivity index (χ3v) is 5.72. The molecule has 1 N–H and O–H groups in total. The molecule has 0 radical (unpaired) electrons. The number of hydrogen-bond acceptors (Lipinski definition) is 3. The van der Waals surface area contributed by atoms with Gasteiger partial charge in [0.2, 0.25) is 0 Å². The van der Waals surface area contributed by atoms with Crippen LogP contribution in [-0.2, 0) is 16.0 Å². The molecule has 120 valence electrons. The van der Waals surface area contributed by atoms with Crippen molar-refractivity contribution in [3.63, 3.8) is 0 Å². The molecule has 8 heteroatoms. The summed E-state index contributed by atoms with van der Waals surface area (Å²) in [5.41, 5.74) is -1.24. The van der Waals surface area contributed by atoms with Gasteiger partial charge in [-0.3, -0.25) is 0 Å². The van der Waals surface area contributed by atoms with E-state index in [1.807, 2.05) is 0 Å². The molecule has 0 amide bonds. The molecule has 1 rings (SSSR count). The Morgan fingerprint density at radius 3 is 2.05 bits per heavy atom. The molecular weight excluding hydrogens is 310 g/mol. The number of halogens is 4. The Labute approximate surface area is 121 Å². The molecule has 1 atom stereocenters. The van der Waals surface area contributed by atoms with Crippen LogP contribution in [0.3, 0.4) is 0 Å². The van der Waals surface area contributed by atoms with E-state index >= 15 is 0 Å². The topological polar surface area (TPSA) is 46.2 Å². The third kappa shape index (κ3) is 3.55. The van der Waals surface area contributed by atoms with Crippen LogP contribution in [0.25, 0.3) is 0 Å². The molecule has 0 aliphatic rings. The third-order valence-electron chi connectivity index (χ3n) is 3.57. The van der Waals surface area contributed by atoms with E-state index in [1.54, 1.807) is 0 Å². The molecule has 3 nitrogen and oxygen atoms in total. The molecule has 1 aromatic rings. The summed E-state index contributed by atoms with van der Waals surface area (Å²) in [5, 5.41) is 2.72. The lowest BCUT2D eigenvalue weighted by Crippen LogP contribution is -2.43. The van der Waals surface area contributed by atoms with E-state index in [2.05, 4.69) is 5.32 Å². The van der Waals surface area contributed by atoms with Gasteiger partial charge in [-0.25, -0.2) is 12.8 Å². The number of benzene rings is 1. The second-order valence-corrected chi connectivity index (χ2v) is 7.93. The summed E-state index contributed by atoms with van der Waals surface area (Å²) >= 11 is 0. The Kier molecular flexibility index (Phi) is 4.74. The van der Waals surface area contributed by atoms with Gasteiger partial charge in [0.1, 0.15) is 5.82 Å². The maximum absolute atomic E-state index is 13.6. The first-order valence-electron chi connectivity index (χ1n) is 6.06. The van der Waals surface area contributed by atoms with Gasteiger partial charge in [-0.2, -0.15) is 13.2 Å². The first-order chi connectivity index (χ1) is 9.32. The minimum absolute atomic E-state index is 0.137. The summed E-state index contributed by atoms with van der Waals surface area (Å²) in [6.45, 7) is 2.86. The molecule has 0 aromatic heterocycles. The number of rotatable bonds is 4. The quantitative estimate of drug-likeness (QED) is 0.865. The van der Waals surface area contributed by atoms with E-state index in [1.165, 1.54) is 20.9 Å². The fourth-order valence-corrected chi connectivity index (χ4v) is 2.75. The Hall–Kier alpha value is -1.15. The van der Waals surface area contributed by atoms with E-state index in [9.17, 15) is 26.0 Å². The van der Waals surface area contributed by atoms with E-state index in [-0.39, 0.29) is 5.56 Å². The average molecular weight is 327 g/mol. The van der Waals surface area contributed by atoms with Gasteiger partial charge in [-0.15, -0.1) is 0 Å². The van der Waals surface area contributed by atoms with Crippen LogP contribution in [0.15, 0.2) is 18.2 Å². The van der Waals surface area contributed by atoms with Crippen LogP contribution < -0.4 is 5.32 Å². The zero-order valence-corrected chi connectivity index (χ0v) is 12.9. The maximum atomic E-state index is 13.6. The van der Waals surface area contributed by atoms with Gasteiger partial charge < -0.3 is 5.32 Å². The summed E-state index contributed by atoms with van der Waals surface area (Å²) in [5.74, 6) is -1.43. The summed E-state index contributed by atoms with van der Waals surface area (Å²) in [7, 11) is -2.05. The smallest absolute Gasteiger partial charge is 0.312 e. The van der Waals surface area contributed by atoms with Crippen molar-refractivity contribution in [3.05, 3.63) is 35.1 Å². The lowest BCUT2D eigenvalue weighted by atomic mass is 9.94. The minimum Gasteiger partial charge on any atom is -0.312 e. The number of nitrogens with one attached hydrogen (secondary N) is 1. The van der Waals surface area contributed by atoms with Crippen LogP contribution in [0.2, 0.25) is 0 Å². The molecule has 21 heavy (non-hydrogen) atoms. The van der Waals surface area contributed by atoms with Crippen LogP contribution in [0.1, 0.15) is 31.0 Å². The normalized spacial score (nSPS) is 15.0. The second kappa shape index (κ2) is 5.57. The summed E-state index contributed by atoms with van der Waals surface area (Å²) in [6, 6.07) is 1.58. The fourth-order valence-electron chi connectivity index (χ4n) is 2.07. The standard InChI is InChI=1S/C13H17F4NO2S/c1-12(2,21(4,19)20)11(18-3)8-5-6-9(10(14)7-8)13(15,16)17/h5-7,11,18H,1-4H3. The molecular formula is C13H17F4NO2S. The maximum Gasteiger partial charge on any atom is 0.419 e. The summed E-state index contributed by atoms with van der Waals surface area (Å²) in [6.07, 6.45) is -3.76. The van der Waals surface area contributed by atoms with E-state index in [0.717, 1.165) is 18.4 Å². The number of sulfone groups is 1. The zero-order chi connectivity index (χ0) is 16.6. The van der Waals surface area contributed by atoms with Crippen molar-refractivity contribution in [3.8, 4) is 0 Å². The van der Waals surface area contributed by atoms with Gasteiger partial charge in [0.15, 0.2) is 9.84 Å². The first kappa shape index (κ1) is 17.9. The van der Waals surface area contributed by atoms with Crippen molar-refractivity contribution < 1.29 is 26.0 Å². The largest absolute Gasteiger partial charge is 0.419 e. The molecule has 0 fully saturated rings. The molecule has 0 saturated carbocycles. The molecule has 1 aromatic carbocycles. The molecule has 0 aliphatic heterocycles. The van der Waals surface area contributed by atoms with Crippen LogP contribution >= 0.6 is 0 Å². The van der Waals surface area contributed by atoms with Crippen molar-refractivity contribution >= 4 is 9.84 Å². The summed E-state index contributed by atoms with van der Waals surface area (Å²) < 4.78 is 73.6. The lowest BCUT2D eigenvalue weighted by molar-refractivity contribution is -0.140. The molecule has 1 unspecified atom stereocenters. The van der Waals surface area contributed by atoms with Gasteiger partial charge in [0.25, 0.3) is 0 Å². The first-order valence-corrected chi connectivity index (χ1v) is 7.95. The Balaban J connectivity index is 3.36. The Bertz CT molecular complexity index is 624. The van der Waals surface area contributed by atoms with Crippen LogP contribution in [0.4, 0.5) is 17.6 Å². The van der Waals surface area contributed by atoms with Gasteiger partial charge in [-0.05, 0) is 38.6 Å². The molecule has 0 heterocycles. The monoisotopic (exact) mass is 327 g/mol. The average Bonchev–Trinajstić information content (AvgIpc) is 2.26. The van der Waals surface area contributed by atoms with Crippen molar-refractivity contribution in [2.24, 2.45) is 0 Å². The predicted octanol–water partition coefficient (Wildman–Crippen LogP) is 2.93. The number of alkyl halides is 3. The van der Waals surface area contributed by atoms with Gasteiger partial charge in [0, 0.05) is 6.26 Å². The molecule has 0 bridgehead atoms. The van der Waals surface area contributed by atoms with Gasteiger partial charge >= 0.3 is 6.18 Å². The van der Waals surface area contributed by atoms with E-state index in [4.69, 9.17) is 0 Å². The highest BCUT2D eigenvalue weighted by atomic mass is 32.2. The molecule has 0 saturated heterocycles. The van der Waals surface area contributed by atoms with Crippen molar-refractivity contribution in [1.29, 1.82) is 0 Å². The zero-order valence-electron chi connectivity index (χ0n) is 12.0. The van der Waals surface area contributed by atoms with E-state index < -0.39 is 38.2 Å². The van der Waals surface area contributed by atoms with E-state index in [0.29, 0.717) is 6.07 Å². The minimum atomic E-state index is -4.79. The molecule has 0 spiro atoms. The van der Waals surface area contributed by atoms with Crippen LogP contribution in [0.5, 0.6) is 0 Å². The van der Waals surface area contributed by atoms with Gasteiger partial charge in [0.05, 0.1) is 16.4 Å². The van der Waals surface area contributed by atoms with Crippen molar-refractivity contribution in [2.75, 3.05) is 13.3 Å². The number of hydrogen-bond donors (Lipinski definition) is 1. The second-order valence-electron chi connectivity index (χ2n) is 5.33. The Morgan fingerprint density at radius 1 is 1.19 bits per heavy atom. The fraction of sp³-hybridized carbons (Fsp3) is 0.538. The van der Waals surface area contributed by atoms with Crippen LogP contribution in [-0.4, -0.2) is 26.5 Å². The summed E-state index contributed by atoms with van der Waals surface area (Å²) in [4.78, 5) is 0. The highest BCUT2D eigenvalue weighted by molar-refractivity contribution is 7.92. The van der Waals surface area contributed by atoms with Crippen molar-refractivity contribution in [2.45, 2.75) is 30.8 Å². The highest BCUT2D eigenvalue weighted by Crippen LogP contribution is 2.36. The Morgan fingerprint density at radius 2 is 1.71 bits per heavy atom. The molecule has 0 aliphatic carbocycles.